The molecule has 0 aliphatic rings. The second-order valence-corrected chi connectivity index (χ2v) is 6.53. The summed E-state index contributed by atoms with van der Waals surface area (Å²) in [7, 11) is 1.39. The molecule has 5 nitrogen and oxygen atoms in total. The smallest absolute Gasteiger partial charge is 0.409 e. The minimum atomic E-state index is -1.91. The summed E-state index contributed by atoms with van der Waals surface area (Å²) >= 11 is 23.6. The molecule has 1 atom stereocenters. The Morgan fingerprint density at radius 1 is 1.40 bits per heavy atom. The molecule has 1 N–H and O–H groups in total. The predicted octanol–water partition coefficient (Wildman–Crippen LogP) is 3.91. The van der Waals surface area contributed by atoms with E-state index in [1.54, 1.807) is 24.3 Å². The Bertz CT molecular complexity index is 638. The lowest BCUT2D eigenvalue weighted by Gasteiger charge is -2.24. The molecule has 1 heterocycles. The molecule has 2 aromatic rings. The summed E-state index contributed by atoms with van der Waals surface area (Å²) in [4.78, 5) is 11.4. The van der Waals surface area contributed by atoms with Crippen LogP contribution in [0.25, 0.3) is 10.9 Å². The normalized spacial score (nSPS) is 13.2. The average molecular weight is 357 g/mol. The maximum Gasteiger partial charge on any atom is 0.409 e. The van der Waals surface area contributed by atoms with E-state index in [0.717, 1.165) is 0 Å². The van der Waals surface area contributed by atoms with Crippen molar-refractivity contribution in [3.8, 4) is 0 Å². The molecule has 0 aliphatic heterocycles. The number of amides is 1. The lowest BCUT2D eigenvalue weighted by atomic mass is 10.2. The van der Waals surface area contributed by atoms with Crippen LogP contribution in [0.5, 0.6) is 0 Å². The molecule has 1 aromatic heterocycles. The first-order chi connectivity index (χ1) is 9.34. The lowest BCUT2D eigenvalue weighted by molar-refractivity contribution is 0.0543. The third-order valence-corrected chi connectivity index (χ3v) is 3.33. The Kier molecular flexibility index (Phi) is 4.54. The Labute approximate surface area is 134 Å². The summed E-state index contributed by atoms with van der Waals surface area (Å²) in [5.41, 5.74) is 0.581. The zero-order valence-corrected chi connectivity index (χ0v) is 13.1. The van der Waals surface area contributed by atoms with Gasteiger partial charge in [0.05, 0.1) is 5.52 Å². The molecule has 0 bridgehead atoms. The summed E-state index contributed by atoms with van der Waals surface area (Å²) in [6, 6.07) is 7.05. The maximum absolute atomic E-state index is 11.4. The maximum atomic E-state index is 11.4. The highest BCUT2D eigenvalue weighted by Gasteiger charge is 2.39. The zero-order valence-electron chi connectivity index (χ0n) is 10.1. The van der Waals surface area contributed by atoms with Crippen molar-refractivity contribution in [3.63, 3.8) is 0 Å². The van der Waals surface area contributed by atoms with Crippen LogP contribution in [-0.4, -0.2) is 26.7 Å². The van der Waals surface area contributed by atoms with Gasteiger partial charge in [0.15, 0.2) is 5.15 Å². The Morgan fingerprint density at radius 2 is 2.05 bits per heavy atom. The van der Waals surface area contributed by atoms with E-state index in [9.17, 15) is 4.79 Å². The van der Waals surface area contributed by atoms with Gasteiger partial charge in [0, 0.05) is 12.4 Å². The van der Waals surface area contributed by atoms with E-state index in [1.807, 2.05) is 0 Å². The van der Waals surface area contributed by atoms with Crippen LogP contribution < -0.4 is 5.32 Å². The minimum Gasteiger partial charge on any atom is -0.419 e. The molecule has 1 amide bonds. The number of nitrogens with zero attached hydrogens (tertiary/aromatic N) is 2. The number of hydrogen-bond donors (Lipinski definition) is 1. The highest BCUT2D eigenvalue weighted by molar-refractivity contribution is 6.67. The van der Waals surface area contributed by atoms with Gasteiger partial charge < -0.3 is 10.1 Å². The fraction of sp³-hybridized carbons (Fsp3) is 0.273. The molecule has 9 heteroatoms. The van der Waals surface area contributed by atoms with Gasteiger partial charge in [-0.3, -0.25) is 0 Å². The number of halogens is 4. The molecule has 0 fully saturated rings. The van der Waals surface area contributed by atoms with E-state index in [-0.39, 0.29) is 5.15 Å². The van der Waals surface area contributed by atoms with E-state index >= 15 is 0 Å². The van der Waals surface area contributed by atoms with Gasteiger partial charge in [0.2, 0.25) is 10.0 Å². The Morgan fingerprint density at radius 3 is 2.65 bits per heavy atom. The molecule has 0 aliphatic carbocycles. The number of para-hydroxylation sites is 1. The first-order valence-corrected chi connectivity index (χ1v) is 6.93. The molecule has 20 heavy (non-hydrogen) atoms. The third-order valence-electron chi connectivity index (χ3n) is 2.49. The van der Waals surface area contributed by atoms with Crippen LogP contribution in [0.4, 0.5) is 4.79 Å². The van der Waals surface area contributed by atoms with Crippen LogP contribution >= 0.6 is 46.4 Å². The number of carbonyl (C=O) groups is 1. The van der Waals surface area contributed by atoms with Crippen LogP contribution in [0.2, 0.25) is 5.15 Å². The van der Waals surface area contributed by atoms with Gasteiger partial charge in [-0.2, -0.15) is 5.10 Å². The van der Waals surface area contributed by atoms with Crippen molar-refractivity contribution in [1.82, 2.24) is 15.1 Å². The average Bonchev–Trinajstić information content (AvgIpc) is 2.72. The van der Waals surface area contributed by atoms with E-state index < -0.39 is 16.1 Å². The number of alkyl carbamates (subject to hydrolysis) is 1. The monoisotopic (exact) mass is 355 g/mol. The van der Waals surface area contributed by atoms with E-state index in [1.165, 1.54) is 11.7 Å². The summed E-state index contributed by atoms with van der Waals surface area (Å²) in [6.45, 7) is 0. The van der Waals surface area contributed by atoms with E-state index in [0.29, 0.717) is 10.9 Å². The van der Waals surface area contributed by atoms with Gasteiger partial charge >= 0.3 is 6.09 Å². The molecule has 1 unspecified atom stereocenters. The molecular formula is C11H9Cl4N3O2. The fourth-order valence-corrected chi connectivity index (χ4v) is 2.30. The Hall–Kier alpha value is -0.880. The molecular weight excluding hydrogens is 348 g/mol. The second-order valence-electron chi connectivity index (χ2n) is 3.80. The summed E-state index contributed by atoms with van der Waals surface area (Å²) in [6.07, 6.45) is -2.01. The molecule has 0 saturated heterocycles. The highest BCUT2D eigenvalue weighted by atomic mass is 35.6. The van der Waals surface area contributed by atoms with Gasteiger partial charge in [-0.25, -0.2) is 9.48 Å². The van der Waals surface area contributed by atoms with Crippen molar-refractivity contribution in [2.24, 2.45) is 0 Å². The van der Waals surface area contributed by atoms with E-state index in [2.05, 4.69) is 10.4 Å². The summed E-state index contributed by atoms with van der Waals surface area (Å²) < 4.78 is 4.42. The quantitative estimate of drug-likeness (QED) is 0.830. The van der Waals surface area contributed by atoms with Crippen molar-refractivity contribution in [1.29, 1.82) is 0 Å². The third kappa shape index (κ3) is 3.06. The van der Waals surface area contributed by atoms with Gasteiger partial charge in [-0.05, 0) is 12.1 Å². The first kappa shape index (κ1) is 15.5. The first-order valence-electron chi connectivity index (χ1n) is 5.42. The van der Waals surface area contributed by atoms with Crippen LogP contribution in [0.3, 0.4) is 0 Å². The number of benzene rings is 1. The number of rotatable bonds is 2. The van der Waals surface area contributed by atoms with Gasteiger partial charge in [0.25, 0.3) is 0 Å². The van der Waals surface area contributed by atoms with Gasteiger partial charge in [0.1, 0.15) is 0 Å². The van der Waals surface area contributed by atoms with Crippen molar-refractivity contribution in [3.05, 3.63) is 29.4 Å². The molecule has 0 saturated carbocycles. The molecule has 1 aromatic carbocycles. The van der Waals surface area contributed by atoms with Crippen molar-refractivity contribution < 1.29 is 9.53 Å². The fourth-order valence-electron chi connectivity index (χ4n) is 1.64. The highest BCUT2D eigenvalue weighted by Crippen LogP contribution is 2.41. The number of fused-ring (bicyclic) bond motifs is 1. The van der Waals surface area contributed by atoms with Crippen molar-refractivity contribution >= 4 is 63.4 Å². The second kappa shape index (κ2) is 5.85. The zero-order chi connectivity index (χ0) is 14.9. The number of ether oxygens (including phenoxy) is 1. The van der Waals surface area contributed by atoms with E-state index in [4.69, 9.17) is 51.1 Å². The lowest BCUT2D eigenvalue weighted by Crippen LogP contribution is -2.33. The molecule has 0 radical (unpaired) electrons. The van der Waals surface area contributed by atoms with Gasteiger partial charge in [-0.15, -0.1) is 0 Å². The number of carbonyl (C=O) groups excluding carboxylic acids is 1. The molecule has 0 spiro atoms. The summed E-state index contributed by atoms with van der Waals surface area (Å²) in [5, 5.41) is 7.23. The SMILES string of the molecule is CNC(=O)OC(n1nc(Cl)c2ccccc21)C(Cl)(Cl)Cl. The number of aromatic nitrogens is 2. The topological polar surface area (TPSA) is 56.1 Å². The van der Waals surface area contributed by atoms with Crippen LogP contribution in [0, 0.1) is 0 Å². The number of nitrogens with one attached hydrogen (secondary N) is 1. The number of hydrogen-bond acceptors (Lipinski definition) is 3. The number of alkyl halides is 3. The van der Waals surface area contributed by atoms with Crippen LogP contribution in [-0.2, 0) is 4.74 Å². The summed E-state index contributed by atoms with van der Waals surface area (Å²) in [5.74, 6) is 0. The van der Waals surface area contributed by atoms with Crippen molar-refractivity contribution in [2.75, 3.05) is 7.05 Å². The van der Waals surface area contributed by atoms with Gasteiger partial charge in [-0.1, -0.05) is 58.5 Å². The van der Waals surface area contributed by atoms with Crippen molar-refractivity contribution in [2.45, 2.75) is 10.0 Å². The Balaban J connectivity index is 2.54. The largest absolute Gasteiger partial charge is 0.419 e. The van der Waals surface area contributed by atoms with Crippen LogP contribution in [0.1, 0.15) is 6.23 Å². The predicted molar refractivity (Wildman–Crippen MR) is 79.6 cm³/mol. The molecule has 2 rings (SSSR count). The van der Waals surface area contributed by atoms with Crippen LogP contribution in [0.15, 0.2) is 24.3 Å². The molecule has 108 valence electrons. The standard InChI is InChI=1S/C11H9Cl4N3O2/c1-16-10(19)20-9(11(13,14)15)18-7-5-3-2-4-6(7)8(12)17-18/h2-5,9H,1H3,(H,16,19). The minimum absolute atomic E-state index is 0.223.